The molecule has 5 nitrogen and oxygen atoms in total. The molecule has 106 valence electrons. The number of halogens is 3. The van der Waals surface area contributed by atoms with Crippen molar-refractivity contribution in [3.63, 3.8) is 0 Å². The zero-order chi connectivity index (χ0) is 14.9. The number of aromatic nitrogens is 2. The van der Waals surface area contributed by atoms with E-state index >= 15 is 0 Å². The molecule has 0 unspecified atom stereocenters. The summed E-state index contributed by atoms with van der Waals surface area (Å²) in [4.78, 5) is 11.0. The van der Waals surface area contributed by atoms with Crippen LogP contribution < -0.4 is 11.5 Å². The van der Waals surface area contributed by atoms with Crippen molar-refractivity contribution in [2.45, 2.75) is 12.7 Å². The summed E-state index contributed by atoms with van der Waals surface area (Å²) in [7, 11) is 0. The van der Waals surface area contributed by atoms with Gasteiger partial charge in [-0.05, 0) is 29.8 Å². The molecule has 0 fully saturated rings. The van der Waals surface area contributed by atoms with Gasteiger partial charge in [0.1, 0.15) is 5.69 Å². The van der Waals surface area contributed by atoms with Gasteiger partial charge in [-0.2, -0.15) is 18.3 Å². The van der Waals surface area contributed by atoms with Gasteiger partial charge in [0.05, 0.1) is 11.3 Å². The maximum Gasteiger partial charge on any atom is 0.416 e. The standard InChI is InChI=1S/C12H11F3N4O/c13-12(14,15)8-1-2-10(7(5-8)6-16)19-4-3-9(18-19)11(17)20/h1-5H,6,16H2,(H2,17,20). The summed E-state index contributed by atoms with van der Waals surface area (Å²) < 4.78 is 39.1. The molecule has 0 radical (unpaired) electrons. The Kier molecular flexibility index (Phi) is 3.49. The van der Waals surface area contributed by atoms with Crippen molar-refractivity contribution >= 4 is 5.91 Å². The molecule has 0 atom stereocenters. The molecule has 0 saturated heterocycles. The van der Waals surface area contributed by atoms with Crippen LogP contribution in [0.2, 0.25) is 0 Å². The lowest BCUT2D eigenvalue weighted by Crippen LogP contribution is -2.13. The van der Waals surface area contributed by atoms with Gasteiger partial charge >= 0.3 is 6.18 Å². The molecule has 2 rings (SSSR count). The van der Waals surface area contributed by atoms with Gasteiger partial charge in [-0.25, -0.2) is 4.68 Å². The van der Waals surface area contributed by atoms with E-state index in [0.29, 0.717) is 5.69 Å². The van der Waals surface area contributed by atoms with Crippen LogP contribution in [0.15, 0.2) is 30.5 Å². The van der Waals surface area contributed by atoms with Gasteiger partial charge in [0.25, 0.3) is 5.91 Å². The number of benzene rings is 1. The number of alkyl halides is 3. The first kappa shape index (κ1) is 14.1. The number of hydrogen-bond acceptors (Lipinski definition) is 3. The van der Waals surface area contributed by atoms with Crippen molar-refractivity contribution in [3.05, 3.63) is 47.3 Å². The first-order valence-electron chi connectivity index (χ1n) is 5.59. The summed E-state index contributed by atoms with van der Waals surface area (Å²) in [5.41, 5.74) is 10.4. The molecule has 2 aromatic rings. The summed E-state index contributed by atoms with van der Waals surface area (Å²) in [6.45, 7) is -0.0922. The summed E-state index contributed by atoms with van der Waals surface area (Å²) in [5, 5.41) is 3.89. The number of amides is 1. The highest BCUT2D eigenvalue weighted by Crippen LogP contribution is 2.31. The minimum Gasteiger partial charge on any atom is -0.364 e. The summed E-state index contributed by atoms with van der Waals surface area (Å²) in [5.74, 6) is -0.718. The van der Waals surface area contributed by atoms with Crippen LogP contribution in [0, 0.1) is 0 Å². The van der Waals surface area contributed by atoms with Gasteiger partial charge in [-0.1, -0.05) is 0 Å². The van der Waals surface area contributed by atoms with Crippen molar-refractivity contribution in [1.82, 2.24) is 9.78 Å². The summed E-state index contributed by atoms with van der Waals surface area (Å²) >= 11 is 0. The van der Waals surface area contributed by atoms with Crippen LogP contribution in [-0.4, -0.2) is 15.7 Å². The van der Waals surface area contributed by atoms with E-state index in [1.807, 2.05) is 0 Å². The molecule has 20 heavy (non-hydrogen) atoms. The van der Waals surface area contributed by atoms with Gasteiger partial charge in [-0.3, -0.25) is 4.79 Å². The number of rotatable bonds is 3. The van der Waals surface area contributed by atoms with Crippen LogP contribution in [0.25, 0.3) is 5.69 Å². The molecular weight excluding hydrogens is 273 g/mol. The van der Waals surface area contributed by atoms with E-state index in [1.165, 1.54) is 23.0 Å². The van der Waals surface area contributed by atoms with E-state index in [2.05, 4.69) is 5.10 Å². The fourth-order valence-corrected chi connectivity index (χ4v) is 1.74. The molecule has 0 bridgehead atoms. The van der Waals surface area contributed by atoms with E-state index in [9.17, 15) is 18.0 Å². The smallest absolute Gasteiger partial charge is 0.364 e. The molecule has 1 heterocycles. The van der Waals surface area contributed by atoms with Gasteiger partial charge < -0.3 is 11.5 Å². The van der Waals surface area contributed by atoms with E-state index in [0.717, 1.165) is 12.1 Å². The molecule has 1 amide bonds. The minimum absolute atomic E-state index is 0.0212. The predicted octanol–water partition coefficient (Wildman–Crippen LogP) is 1.45. The summed E-state index contributed by atoms with van der Waals surface area (Å²) in [6, 6.07) is 4.52. The maximum absolute atomic E-state index is 12.6. The zero-order valence-corrected chi connectivity index (χ0v) is 10.2. The fraction of sp³-hybridized carbons (Fsp3) is 0.167. The van der Waals surface area contributed by atoms with Gasteiger partial charge in [-0.15, -0.1) is 0 Å². The molecule has 0 spiro atoms. The first-order chi connectivity index (χ1) is 9.32. The Labute approximate surface area is 112 Å². The van der Waals surface area contributed by atoms with E-state index < -0.39 is 17.6 Å². The normalized spacial score (nSPS) is 11.6. The molecule has 1 aromatic heterocycles. The van der Waals surface area contributed by atoms with Crippen LogP contribution in [-0.2, 0) is 12.7 Å². The van der Waals surface area contributed by atoms with Crippen LogP contribution in [0.3, 0.4) is 0 Å². The van der Waals surface area contributed by atoms with Gasteiger partial charge in [0.2, 0.25) is 0 Å². The third-order valence-electron chi connectivity index (χ3n) is 2.72. The second kappa shape index (κ2) is 4.97. The van der Waals surface area contributed by atoms with Crippen molar-refractivity contribution in [2.24, 2.45) is 11.5 Å². The Balaban J connectivity index is 2.48. The summed E-state index contributed by atoms with van der Waals surface area (Å²) in [6.07, 6.45) is -3.01. The highest BCUT2D eigenvalue weighted by molar-refractivity contribution is 5.90. The second-order valence-electron chi connectivity index (χ2n) is 4.06. The van der Waals surface area contributed by atoms with Gasteiger partial charge in [0, 0.05) is 12.7 Å². The maximum atomic E-state index is 12.6. The highest BCUT2D eigenvalue weighted by Gasteiger charge is 2.31. The Hall–Kier alpha value is -2.35. The number of hydrogen-bond donors (Lipinski definition) is 2. The highest BCUT2D eigenvalue weighted by atomic mass is 19.4. The number of carbonyl (C=O) groups is 1. The van der Waals surface area contributed by atoms with Crippen LogP contribution in [0.1, 0.15) is 21.6 Å². The Morgan fingerprint density at radius 2 is 2.00 bits per heavy atom. The van der Waals surface area contributed by atoms with E-state index in [-0.39, 0.29) is 17.8 Å². The Bertz CT molecular complexity index is 648. The quantitative estimate of drug-likeness (QED) is 0.894. The lowest BCUT2D eigenvalue weighted by Gasteiger charge is -2.12. The molecule has 8 heteroatoms. The number of nitrogens with two attached hydrogens (primary N) is 2. The molecule has 4 N–H and O–H groups in total. The molecule has 1 aromatic carbocycles. The fourth-order valence-electron chi connectivity index (χ4n) is 1.74. The van der Waals surface area contributed by atoms with Crippen LogP contribution >= 0.6 is 0 Å². The Morgan fingerprint density at radius 1 is 1.30 bits per heavy atom. The lowest BCUT2D eigenvalue weighted by molar-refractivity contribution is -0.137. The van der Waals surface area contributed by atoms with Crippen molar-refractivity contribution < 1.29 is 18.0 Å². The topological polar surface area (TPSA) is 86.9 Å². The predicted molar refractivity (Wildman–Crippen MR) is 65.0 cm³/mol. The Morgan fingerprint density at radius 3 is 2.50 bits per heavy atom. The van der Waals surface area contributed by atoms with E-state index in [4.69, 9.17) is 11.5 Å². The van der Waals surface area contributed by atoms with Crippen molar-refractivity contribution in [3.8, 4) is 5.69 Å². The second-order valence-corrected chi connectivity index (χ2v) is 4.06. The average Bonchev–Trinajstić information content (AvgIpc) is 2.86. The van der Waals surface area contributed by atoms with E-state index in [1.54, 1.807) is 0 Å². The molecule has 0 aliphatic rings. The minimum atomic E-state index is -4.44. The van der Waals surface area contributed by atoms with Crippen LogP contribution in [0.4, 0.5) is 13.2 Å². The molecule has 0 aliphatic heterocycles. The van der Waals surface area contributed by atoms with Crippen molar-refractivity contribution in [1.29, 1.82) is 0 Å². The molecule has 0 aliphatic carbocycles. The van der Waals surface area contributed by atoms with Crippen LogP contribution in [0.5, 0.6) is 0 Å². The van der Waals surface area contributed by atoms with Crippen molar-refractivity contribution in [2.75, 3.05) is 0 Å². The third-order valence-corrected chi connectivity index (χ3v) is 2.72. The van der Waals surface area contributed by atoms with Gasteiger partial charge in [0.15, 0.2) is 0 Å². The number of nitrogens with zero attached hydrogens (tertiary/aromatic N) is 2. The number of primary amides is 1. The lowest BCUT2D eigenvalue weighted by atomic mass is 10.1. The molecular formula is C12H11F3N4O. The largest absolute Gasteiger partial charge is 0.416 e. The SMILES string of the molecule is NCc1cc(C(F)(F)F)ccc1-n1ccc(C(N)=O)n1. The number of carbonyl (C=O) groups excluding carboxylic acids is 1. The monoisotopic (exact) mass is 284 g/mol. The first-order valence-corrected chi connectivity index (χ1v) is 5.59. The zero-order valence-electron chi connectivity index (χ0n) is 10.2. The third kappa shape index (κ3) is 2.64. The average molecular weight is 284 g/mol. The molecule has 0 saturated carbocycles.